The number of halogens is 1. The van der Waals surface area contributed by atoms with Crippen LogP contribution < -0.4 is 5.73 Å². The number of rotatable bonds is 4. The third-order valence-corrected chi connectivity index (χ3v) is 2.14. The summed E-state index contributed by atoms with van der Waals surface area (Å²) in [5, 5.41) is 0. The van der Waals surface area contributed by atoms with Crippen LogP contribution in [-0.4, -0.2) is 18.6 Å². The first-order valence-electron chi connectivity index (χ1n) is 4.74. The molecule has 4 heteroatoms. The molecule has 0 radical (unpaired) electrons. The number of carbonyl (C=O) groups excluding carboxylic acids is 1. The molecule has 0 saturated carbocycles. The van der Waals surface area contributed by atoms with Gasteiger partial charge in [0.05, 0.1) is 0 Å². The number of ether oxygens (including phenoxy) is 1. The zero-order chi connectivity index (χ0) is 11.4. The molecular weight excluding hydrogens is 197 g/mol. The normalized spacial score (nSPS) is 12.5. The summed E-state index contributed by atoms with van der Waals surface area (Å²) in [6.07, 6.45) is -1.02. The zero-order valence-corrected chi connectivity index (χ0v) is 8.79. The Kier molecular flexibility index (Phi) is 3.94. The summed E-state index contributed by atoms with van der Waals surface area (Å²) < 4.78 is 18.1. The Balaban J connectivity index is 2.96. The molecule has 82 valence electrons. The van der Waals surface area contributed by atoms with Crippen LogP contribution in [0.3, 0.4) is 0 Å². The van der Waals surface area contributed by atoms with Gasteiger partial charge in [-0.05, 0) is 25.5 Å². The summed E-state index contributed by atoms with van der Waals surface area (Å²) in [7, 11) is 0. The van der Waals surface area contributed by atoms with Gasteiger partial charge in [0, 0.05) is 12.2 Å². The number of nitrogens with two attached hydrogens (primary N) is 1. The van der Waals surface area contributed by atoms with Crippen molar-refractivity contribution in [3.63, 3.8) is 0 Å². The molecule has 3 nitrogen and oxygen atoms in total. The van der Waals surface area contributed by atoms with Crippen molar-refractivity contribution in [1.82, 2.24) is 0 Å². The number of hydrogen-bond donors (Lipinski definition) is 1. The average molecular weight is 211 g/mol. The van der Waals surface area contributed by atoms with Gasteiger partial charge in [0.1, 0.15) is 5.82 Å². The van der Waals surface area contributed by atoms with E-state index >= 15 is 0 Å². The monoisotopic (exact) mass is 211 g/mol. The van der Waals surface area contributed by atoms with Gasteiger partial charge in [-0.1, -0.05) is 12.1 Å². The zero-order valence-electron chi connectivity index (χ0n) is 8.79. The van der Waals surface area contributed by atoms with Crippen LogP contribution in [0, 0.1) is 12.7 Å². The second-order valence-corrected chi connectivity index (χ2v) is 3.15. The summed E-state index contributed by atoms with van der Waals surface area (Å²) in [5.41, 5.74) is 6.06. The molecule has 15 heavy (non-hydrogen) atoms. The molecule has 1 atom stereocenters. The van der Waals surface area contributed by atoms with E-state index in [1.165, 1.54) is 12.1 Å². The predicted molar refractivity (Wildman–Crippen MR) is 55.1 cm³/mol. The predicted octanol–water partition coefficient (Wildman–Crippen LogP) is 1.64. The van der Waals surface area contributed by atoms with E-state index in [2.05, 4.69) is 0 Å². The van der Waals surface area contributed by atoms with E-state index in [-0.39, 0.29) is 5.56 Å². The van der Waals surface area contributed by atoms with Gasteiger partial charge in [-0.25, -0.2) is 4.39 Å². The van der Waals surface area contributed by atoms with E-state index in [0.717, 1.165) is 0 Å². The molecule has 0 aliphatic heterocycles. The summed E-state index contributed by atoms with van der Waals surface area (Å²) >= 11 is 0. The van der Waals surface area contributed by atoms with Crippen LogP contribution in [0.5, 0.6) is 0 Å². The third-order valence-electron chi connectivity index (χ3n) is 2.14. The molecule has 0 aromatic heterocycles. The maximum atomic E-state index is 13.2. The minimum atomic E-state index is -1.02. The molecule has 2 N–H and O–H groups in total. The maximum Gasteiger partial charge on any atom is 0.206 e. The van der Waals surface area contributed by atoms with Gasteiger partial charge in [-0.15, -0.1) is 0 Å². The van der Waals surface area contributed by atoms with Crippen molar-refractivity contribution >= 4 is 5.78 Å². The minimum absolute atomic E-state index is 0.274. The van der Waals surface area contributed by atoms with Crippen LogP contribution in [-0.2, 0) is 4.74 Å². The lowest BCUT2D eigenvalue weighted by atomic mass is 10.0. The molecule has 0 saturated heterocycles. The Morgan fingerprint density at radius 2 is 2.27 bits per heavy atom. The highest BCUT2D eigenvalue weighted by Crippen LogP contribution is 2.13. The molecule has 1 aromatic rings. The second-order valence-electron chi connectivity index (χ2n) is 3.15. The molecule has 0 fully saturated rings. The lowest BCUT2D eigenvalue weighted by molar-refractivity contribution is 0.0478. The van der Waals surface area contributed by atoms with Crippen LogP contribution in [0.15, 0.2) is 18.2 Å². The third kappa shape index (κ3) is 2.61. The number of Topliss-reactive ketones (excluding diaryl/α,β-unsaturated/α-hetero) is 1. The van der Waals surface area contributed by atoms with Crippen LogP contribution in [0.4, 0.5) is 4.39 Å². The average Bonchev–Trinajstić information content (AvgIpc) is 2.21. The number of benzene rings is 1. The van der Waals surface area contributed by atoms with Crippen LogP contribution in [0.2, 0.25) is 0 Å². The molecule has 0 bridgehead atoms. The highest BCUT2D eigenvalue weighted by Gasteiger charge is 2.18. The molecular formula is C11H14FNO2. The molecule has 0 amide bonds. The maximum absolute atomic E-state index is 13.2. The Morgan fingerprint density at radius 3 is 2.87 bits per heavy atom. The van der Waals surface area contributed by atoms with Crippen molar-refractivity contribution in [2.45, 2.75) is 20.1 Å². The van der Waals surface area contributed by atoms with Crippen molar-refractivity contribution in [2.75, 3.05) is 6.61 Å². The van der Waals surface area contributed by atoms with Gasteiger partial charge in [-0.3, -0.25) is 10.5 Å². The van der Waals surface area contributed by atoms with Crippen molar-refractivity contribution in [2.24, 2.45) is 5.73 Å². The van der Waals surface area contributed by atoms with E-state index in [4.69, 9.17) is 10.5 Å². The first kappa shape index (κ1) is 11.8. The summed E-state index contributed by atoms with van der Waals surface area (Å²) in [5.74, 6) is -0.807. The number of ketones is 1. The Bertz CT molecular complexity index is 366. The van der Waals surface area contributed by atoms with Crippen molar-refractivity contribution in [3.8, 4) is 0 Å². The minimum Gasteiger partial charge on any atom is -0.356 e. The molecule has 0 aliphatic carbocycles. The lowest BCUT2D eigenvalue weighted by Crippen LogP contribution is -2.34. The second kappa shape index (κ2) is 5.00. The smallest absolute Gasteiger partial charge is 0.206 e. The highest BCUT2D eigenvalue weighted by atomic mass is 19.1. The van der Waals surface area contributed by atoms with Crippen LogP contribution in [0.1, 0.15) is 22.8 Å². The number of carbonyl (C=O) groups is 1. The largest absolute Gasteiger partial charge is 0.356 e. The fourth-order valence-corrected chi connectivity index (χ4v) is 1.28. The van der Waals surface area contributed by atoms with Crippen LogP contribution >= 0.6 is 0 Å². The van der Waals surface area contributed by atoms with Gasteiger partial charge in [0.15, 0.2) is 6.23 Å². The first-order chi connectivity index (χ1) is 7.07. The fourth-order valence-electron chi connectivity index (χ4n) is 1.28. The molecule has 1 aromatic carbocycles. The Labute approximate surface area is 88.0 Å². The summed E-state index contributed by atoms with van der Waals surface area (Å²) in [6, 6.07) is 4.33. The molecule has 0 aliphatic rings. The SMILES string of the molecule is CCOC(N)C(=O)c1cccc(F)c1C. The fraction of sp³-hybridized carbons (Fsp3) is 0.364. The topological polar surface area (TPSA) is 52.3 Å². The van der Waals surface area contributed by atoms with E-state index in [0.29, 0.717) is 12.2 Å². The summed E-state index contributed by atoms with van der Waals surface area (Å²) in [6.45, 7) is 3.63. The Morgan fingerprint density at radius 1 is 1.60 bits per heavy atom. The molecule has 0 spiro atoms. The van der Waals surface area contributed by atoms with Gasteiger partial charge in [0.25, 0.3) is 0 Å². The standard InChI is InChI=1S/C11H14FNO2/c1-3-15-11(13)10(14)8-5-4-6-9(12)7(8)2/h4-6,11H,3,13H2,1-2H3. The van der Waals surface area contributed by atoms with Gasteiger partial charge >= 0.3 is 0 Å². The first-order valence-corrected chi connectivity index (χ1v) is 4.74. The number of hydrogen-bond acceptors (Lipinski definition) is 3. The van der Waals surface area contributed by atoms with E-state index in [1.54, 1.807) is 19.9 Å². The van der Waals surface area contributed by atoms with E-state index in [9.17, 15) is 9.18 Å². The molecule has 1 rings (SSSR count). The lowest BCUT2D eigenvalue weighted by Gasteiger charge is -2.12. The van der Waals surface area contributed by atoms with E-state index in [1.807, 2.05) is 0 Å². The molecule has 0 heterocycles. The Hall–Kier alpha value is -1.26. The van der Waals surface area contributed by atoms with Crippen molar-refractivity contribution in [1.29, 1.82) is 0 Å². The van der Waals surface area contributed by atoms with E-state index < -0.39 is 17.8 Å². The van der Waals surface area contributed by atoms with Crippen LogP contribution in [0.25, 0.3) is 0 Å². The summed E-state index contributed by atoms with van der Waals surface area (Å²) in [4.78, 5) is 11.7. The van der Waals surface area contributed by atoms with Gasteiger partial charge in [0.2, 0.25) is 5.78 Å². The quantitative estimate of drug-likeness (QED) is 0.608. The van der Waals surface area contributed by atoms with Gasteiger partial charge in [-0.2, -0.15) is 0 Å². The van der Waals surface area contributed by atoms with Crippen molar-refractivity contribution in [3.05, 3.63) is 35.1 Å². The van der Waals surface area contributed by atoms with Gasteiger partial charge < -0.3 is 4.74 Å². The highest BCUT2D eigenvalue weighted by molar-refractivity contribution is 6.00. The molecule has 1 unspecified atom stereocenters. The van der Waals surface area contributed by atoms with Crippen molar-refractivity contribution < 1.29 is 13.9 Å².